The topological polar surface area (TPSA) is 44.4 Å². The van der Waals surface area contributed by atoms with Gasteiger partial charge in [-0.15, -0.1) is 0 Å². The molecule has 0 spiro atoms. The number of nitrogens with one attached hydrogen (secondary N) is 1. The van der Waals surface area contributed by atoms with Gasteiger partial charge >= 0.3 is 0 Å². The first-order valence-electron chi connectivity index (χ1n) is 6.80. The molecule has 0 radical (unpaired) electrons. The van der Waals surface area contributed by atoms with Crippen molar-refractivity contribution in [3.05, 3.63) is 24.3 Å². The average Bonchev–Trinajstić information content (AvgIpc) is 2.83. The third kappa shape index (κ3) is 3.05. The molecule has 1 aromatic carbocycles. The fourth-order valence-corrected chi connectivity index (χ4v) is 2.34. The molecule has 1 aromatic heterocycles. The molecular formula is C14H20N4O. The summed E-state index contributed by atoms with van der Waals surface area (Å²) in [4.78, 5) is 12.4. The van der Waals surface area contributed by atoms with E-state index in [9.17, 15) is 0 Å². The van der Waals surface area contributed by atoms with Crippen molar-refractivity contribution in [3.63, 3.8) is 0 Å². The summed E-state index contributed by atoms with van der Waals surface area (Å²) in [6.07, 6.45) is 0. The molecular weight excluding hydrogens is 240 g/mol. The van der Waals surface area contributed by atoms with Crippen LogP contribution in [0.15, 0.2) is 24.3 Å². The summed E-state index contributed by atoms with van der Waals surface area (Å²) in [6, 6.07) is 8.59. The number of rotatable bonds is 4. The second kappa shape index (κ2) is 5.59. The van der Waals surface area contributed by atoms with E-state index in [4.69, 9.17) is 4.74 Å². The lowest BCUT2D eigenvalue weighted by Crippen LogP contribution is -2.45. The smallest absolute Gasteiger partial charge is 0.294 e. The third-order valence-corrected chi connectivity index (χ3v) is 3.61. The Morgan fingerprint density at radius 1 is 1.21 bits per heavy atom. The maximum atomic E-state index is 5.70. The van der Waals surface area contributed by atoms with Crippen LogP contribution in [0.1, 0.15) is 0 Å². The molecule has 1 fully saturated rings. The molecule has 19 heavy (non-hydrogen) atoms. The van der Waals surface area contributed by atoms with Gasteiger partial charge in [0.2, 0.25) is 0 Å². The summed E-state index contributed by atoms with van der Waals surface area (Å²) in [6.45, 7) is 6.18. The Kier molecular flexibility index (Phi) is 3.66. The summed E-state index contributed by atoms with van der Waals surface area (Å²) >= 11 is 0. The number of piperazine rings is 1. The van der Waals surface area contributed by atoms with Crippen molar-refractivity contribution in [2.24, 2.45) is 0 Å². The normalized spacial score (nSPS) is 17.9. The van der Waals surface area contributed by atoms with E-state index in [2.05, 4.69) is 26.8 Å². The van der Waals surface area contributed by atoms with Crippen LogP contribution >= 0.6 is 0 Å². The van der Waals surface area contributed by atoms with Crippen molar-refractivity contribution in [2.45, 2.75) is 0 Å². The lowest BCUT2D eigenvalue weighted by atomic mass is 10.3. The molecule has 1 saturated heterocycles. The first-order chi connectivity index (χ1) is 9.31. The van der Waals surface area contributed by atoms with Gasteiger partial charge in [0.05, 0.1) is 11.0 Å². The van der Waals surface area contributed by atoms with E-state index in [-0.39, 0.29) is 0 Å². The van der Waals surface area contributed by atoms with Gasteiger partial charge in [-0.05, 0) is 19.2 Å². The molecule has 3 rings (SSSR count). The first kappa shape index (κ1) is 12.4. The molecule has 5 nitrogen and oxygen atoms in total. The highest BCUT2D eigenvalue weighted by atomic mass is 16.5. The zero-order valence-corrected chi connectivity index (χ0v) is 11.3. The Bertz CT molecular complexity index is 498. The largest absolute Gasteiger partial charge is 0.463 e. The van der Waals surface area contributed by atoms with Gasteiger partial charge in [0.15, 0.2) is 0 Å². The van der Waals surface area contributed by atoms with Crippen LogP contribution in [0.25, 0.3) is 11.0 Å². The fraction of sp³-hybridized carbons (Fsp3) is 0.500. The molecule has 0 bridgehead atoms. The highest BCUT2D eigenvalue weighted by molar-refractivity contribution is 5.75. The minimum Gasteiger partial charge on any atom is -0.463 e. The Morgan fingerprint density at radius 2 is 2.00 bits per heavy atom. The zero-order chi connectivity index (χ0) is 13.1. The number of nitrogens with zero attached hydrogens (tertiary/aromatic N) is 3. The number of likely N-dealkylation sites (N-methyl/N-ethyl adjacent to an activating group) is 1. The van der Waals surface area contributed by atoms with Crippen molar-refractivity contribution >= 4 is 11.0 Å². The minimum atomic E-state index is 0.621. The molecule has 2 heterocycles. The van der Waals surface area contributed by atoms with Crippen LogP contribution in [-0.4, -0.2) is 66.1 Å². The molecule has 102 valence electrons. The lowest BCUT2D eigenvalue weighted by Gasteiger charge is -2.31. The third-order valence-electron chi connectivity index (χ3n) is 3.61. The second-order valence-corrected chi connectivity index (χ2v) is 5.05. The number of imidazole rings is 1. The van der Waals surface area contributed by atoms with Gasteiger partial charge in [0.25, 0.3) is 6.01 Å². The average molecular weight is 260 g/mol. The Morgan fingerprint density at radius 3 is 2.79 bits per heavy atom. The minimum absolute atomic E-state index is 0.621. The van der Waals surface area contributed by atoms with Crippen molar-refractivity contribution in [2.75, 3.05) is 46.4 Å². The Labute approximate surface area is 113 Å². The first-order valence-corrected chi connectivity index (χ1v) is 6.80. The molecule has 0 atom stereocenters. The van der Waals surface area contributed by atoms with E-state index in [1.807, 2.05) is 24.3 Å². The number of fused-ring (bicyclic) bond motifs is 1. The Hall–Kier alpha value is -1.59. The van der Waals surface area contributed by atoms with E-state index in [0.29, 0.717) is 12.6 Å². The highest BCUT2D eigenvalue weighted by Gasteiger charge is 2.13. The van der Waals surface area contributed by atoms with Crippen LogP contribution in [0.5, 0.6) is 6.01 Å². The SMILES string of the molecule is CN1CCN(CCOc2nc3ccccc3[nH]2)CC1. The number of ether oxygens (including phenoxy) is 1. The quantitative estimate of drug-likeness (QED) is 0.897. The lowest BCUT2D eigenvalue weighted by molar-refractivity contribution is 0.131. The molecule has 1 N–H and O–H groups in total. The van der Waals surface area contributed by atoms with Gasteiger partial charge < -0.3 is 14.6 Å². The predicted molar refractivity (Wildman–Crippen MR) is 75.5 cm³/mol. The number of aromatic nitrogens is 2. The zero-order valence-electron chi connectivity index (χ0n) is 11.3. The maximum absolute atomic E-state index is 5.70. The van der Waals surface area contributed by atoms with Gasteiger partial charge in [-0.3, -0.25) is 4.90 Å². The number of aromatic amines is 1. The number of benzene rings is 1. The highest BCUT2D eigenvalue weighted by Crippen LogP contribution is 2.14. The standard InChI is InChI=1S/C14H20N4O/c1-17-6-8-18(9-7-17)10-11-19-14-15-12-4-2-3-5-13(12)16-14/h2-5H,6-11H2,1H3,(H,15,16). The molecule has 0 unspecified atom stereocenters. The van der Waals surface area contributed by atoms with Crippen molar-refractivity contribution < 1.29 is 4.74 Å². The molecule has 0 aliphatic carbocycles. The van der Waals surface area contributed by atoms with Gasteiger partial charge in [0.1, 0.15) is 6.61 Å². The molecule has 5 heteroatoms. The summed E-state index contributed by atoms with van der Waals surface area (Å²) < 4.78 is 5.70. The second-order valence-electron chi connectivity index (χ2n) is 5.05. The number of hydrogen-bond acceptors (Lipinski definition) is 4. The molecule has 0 saturated carbocycles. The van der Waals surface area contributed by atoms with Crippen LogP contribution in [-0.2, 0) is 0 Å². The van der Waals surface area contributed by atoms with E-state index >= 15 is 0 Å². The monoisotopic (exact) mass is 260 g/mol. The van der Waals surface area contributed by atoms with E-state index in [1.54, 1.807) is 0 Å². The van der Waals surface area contributed by atoms with Crippen LogP contribution in [0.2, 0.25) is 0 Å². The van der Waals surface area contributed by atoms with Gasteiger partial charge in [-0.2, -0.15) is 4.98 Å². The van der Waals surface area contributed by atoms with Gasteiger partial charge in [-0.25, -0.2) is 0 Å². The summed E-state index contributed by atoms with van der Waals surface area (Å²) in [7, 11) is 2.17. The summed E-state index contributed by atoms with van der Waals surface area (Å²) in [5, 5.41) is 0. The van der Waals surface area contributed by atoms with E-state index in [1.165, 1.54) is 0 Å². The van der Waals surface area contributed by atoms with Gasteiger partial charge in [0, 0.05) is 32.7 Å². The van der Waals surface area contributed by atoms with Crippen molar-refractivity contribution in [3.8, 4) is 6.01 Å². The van der Waals surface area contributed by atoms with Crippen LogP contribution < -0.4 is 4.74 Å². The number of para-hydroxylation sites is 2. The fourth-order valence-electron chi connectivity index (χ4n) is 2.34. The maximum Gasteiger partial charge on any atom is 0.294 e. The number of H-pyrrole nitrogens is 1. The molecule has 1 aliphatic heterocycles. The van der Waals surface area contributed by atoms with Crippen molar-refractivity contribution in [1.82, 2.24) is 19.8 Å². The van der Waals surface area contributed by atoms with Crippen LogP contribution in [0.4, 0.5) is 0 Å². The summed E-state index contributed by atoms with van der Waals surface area (Å²) in [5.74, 6) is 0. The van der Waals surface area contributed by atoms with E-state index in [0.717, 1.165) is 43.8 Å². The van der Waals surface area contributed by atoms with Crippen LogP contribution in [0, 0.1) is 0 Å². The summed E-state index contributed by atoms with van der Waals surface area (Å²) in [5.41, 5.74) is 1.98. The molecule has 2 aromatic rings. The number of hydrogen-bond donors (Lipinski definition) is 1. The molecule has 0 amide bonds. The predicted octanol–water partition coefficient (Wildman–Crippen LogP) is 1.19. The Balaban J connectivity index is 1.49. The van der Waals surface area contributed by atoms with Gasteiger partial charge in [-0.1, -0.05) is 12.1 Å². The van der Waals surface area contributed by atoms with Crippen molar-refractivity contribution in [1.29, 1.82) is 0 Å². The molecule has 1 aliphatic rings. The van der Waals surface area contributed by atoms with E-state index < -0.39 is 0 Å². The van der Waals surface area contributed by atoms with Crippen LogP contribution in [0.3, 0.4) is 0 Å².